The van der Waals surface area contributed by atoms with Crippen LogP contribution in [0.2, 0.25) is 5.02 Å². The van der Waals surface area contributed by atoms with Crippen LogP contribution in [0.4, 0.5) is 16.2 Å². The Morgan fingerprint density at radius 2 is 2.07 bits per heavy atom. The van der Waals surface area contributed by atoms with E-state index in [-0.39, 0.29) is 5.82 Å². The standard InChI is InChI=1S/C20H19ClFN7O/c1-11-4-16(30-29-11)9-24-20-25-10-17(19(23)26-20)18-8-15(27-28-18)3-2-12-5-13(21)7-14(22)6-12/h4-8,10H,2-3,9H2,1H3,(H,27,28)(H3,23,24,25,26). The first-order valence-electron chi connectivity index (χ1n) is 9.24. The van der Waals surface area contributed by atoms with E-state index in [1.807, 2.05) is 19.1 Å². The van der Waals surface area contributed by atoms with E-state index in [0.717, 1.165) is 17.0 Å². The zero-order valence-electron chi connectivity index (χ0n) is 16.1. The molecule has 0 aliphatic carbocycles. The largest absolute Gasteiger partial charge is 0.383 e. The van der Waals surface area contributed by atoms with Crippen molar-refractivity contribution in [3.63, 3.8) is 0 Å². The molecule has 3 heterocycles. The Hall–Kier alpha value is -3.46. The molecule has 0 amide bonds. The summed E-state index contributed by atoms with van der Waals surface area (Å²) in [6.45, 7) is 2.25. The van der Waals surface area contributed by atoms with Crippen molar-refractivity contribution < 1.29 is 8.91 Å². The molecule has 0 saturated carbocycles. The van der Waals surface area contributed by atoms with Gasteiger partial charge in [-0.25, -0.2) is 9.37 Å². The normalized spacial score (nSPS) is 11.0. The summed E-state index contributed by atoms with van der Waals surface area (Å²) in [6.07, 6.45) is 2.88. The number of H-pyrrole nitrogens is 1. The summed E-state index contributed by atoms with van der Waals surface area (Å²) in [6, 6.07) is 8.21. The number of hydrogen-bond donors (Lipinski definition) is 3. The van der Waals surface area contributed by atoms with Gasteiger partial charge in [-0.15, -0.1) is 0 Å². The molecule has 4 aromatic rings. The predicted molar refractivity (Wildman–Crippen MR) is 111 cm³/mol. The van der Waals surface area contributed by atoms with Crippen LogP contribution in [0, 0.1) is 12.7 Å². The number of benzene rings is 1. The maximum atomic E-state index is 13.5. The van der Waals surface area contributed by atoms with Crippen molar-refractivity contribution in [2.45, 2.75) is 26.3 Å². The Morgan fingerprint density at radius 3 is 2.80 bits per heavy atom. The molecule has 8 nitrogen and oxygen atoms in total. The van der Waals surface area contributed by atoms with Gasteiger partial charge in [-0.2, -0.15) is 10.1 Å². The van der Waals surface area contributed by atoms with Crippen LogP contribution < -0.4 is 11.1 Å². The molecule has 4 rings (SSSR count). The van der Waals surface area contributed by atoms with Crippen molar-refractivity contribution in [1.82, 2.24) is 25.3 Å². The third-order valence-corrected chi connectivity index (χ3v) is 4.65. The van der Waals surface area contributed by atoms with E-state index < -0.39 is 0 Å². The molecular formula is C20H19ClFN7O. The molecule has 1 aromatic carbocycles. The van der Waals surface area contributed by atoms with Gasteiger partial charge in [0.2, 0.25) is 5.95 Å². The monoisotopic (exact) mass is 427 g/mol. The minimum atomic E-state index is -0.347. The van der Waals surface area contributed by atoms with E-state index in [0.29, 0.717) is 53.2 Å². The average molecular weight is 428 g/mol. The van der Waals surface area contributed by atoms with Crippen LogP contribution in [0.1, 0.15) is 22.7 Å². The zero-order valence-corrected chi connectivity index (χ0v) is 16.9. The van der Waals surface area contributed by atoms with Gasteiger partial charge in [-0.1, -0.05) is 16.8 Å². The second-order valence-electron chi connectivity index (χ2n) is 6.84. The fourth-order valence-electron chi connectivity index (χ4n) is 3.01. The minimum Gasteiger partial charge on any atom is -0.383 e. The third-order valence-electron chi connectivity index (χ3n) is 4.43. The maximum Gasteiger partial charge on any atom is 0.225 e. The van der Waals surface area contributed by atoms with Crippen LogP contribution in [0.5, 0.6) is 0 Å². The van der Waals surface area contributed by atoms with Gasteiger partial charge in [-0.3, -0.25) is 5.10 Å². The summed E-state index contributed by atoms with van der Waals surface area (Å²) in [4.78, 5) is 8.56. The second kappa shape index (κ2) is 8.50. The van der Waals surface area contributed by atoms with Gasteiger partial charge in [0, 0.05) is 23.0 Å². The first-order chi connectivity index (χ1) is 14.5. The summed E-state index contributed by atoms with van der Waals surface area (Å²) < 4.78 is 18.6. The molecule has 0 bridgehead atoms. The van der Waals surface area contributed by atoms with Crippen LogP contribution >= 0.6 is 11.6 Å². The molecule has 0 saturated heterocycles. The highest BCUT2D eigenvalue weighted by molar-refractivity contribution is 6.30. The highest BCUT2D eigenvalue weighted by Gasteiger charge is 2.11. The van der Waals surface area contributed by atoms with Gasteiger partial charge in [-0.05, 0) is 49.6 Å². The van der Waals surface area contributed by atoms with Gasteiger partial charge in [0.05, 0.1) is 23.5 Å². The van der Waals surface area contributed by atoms with E-state index >= 15 is 0 Å². The number of aryl methyl sites for hydroxylation is 3. The summed E-state index contributed by atoms with van der Waals surface area (Å²) in [5.74, 6) is 1.01. The summed E-state index contributed by atoms with van der Waals surface area (Å²) in [5, 5.41) is 14.5. The van der Waals surface area contributed by atoms with E-state index in [2.05, 4.69) is 30.6 Å². The second-order valence-corrected chi connectivity index (χ2v) is 7.27. The Morgan fingerprint density at radius 1 is 1.20 bits per heavy atom. The molecule has 0 spiro atoms. The van der Waals surface area contributed by atoms with Crippen LogP contribution in [0.15, 0.2) is 41.1 Å². The highest BCUT2D eigenvalue weighted by atomic mass is 35.5. The number of nitrogens with zero attached hydrogens (tertiary/aromatic N) is 4. The first-order valence-corrected chi connectivity index (χ1v) is 9.62. The quantitative estimate of drug-likeness (QED) is 0.408. The van der Waals surface area contributed by atoms with Gasteiger partial charge in [0.15, 0.2) is 5.76 Å². The minimum absolute atomic E-state index is 0.302. The molecule has 0 fully saturated rings. The van der Waals surface area contributed by atoms with E-state index in [1.54, 1.807) is 12.3 Å². The lowest BCUT2D eigenvalue weighted by molar-refractivity contribution is 0.384. The number of aromatic nitrogens is 5. The Kier molecular flexibility index (Phi) is 5.62. The Balaban J connectivity index is 1.41. The smallest absolute Gasteiger partial charge is 0.225 e. The fourth-order valence-corrected chi connectivity index (χ4v) is 3.25. The number of nitrogens with two attached hydrogens (primary N) is 1. The lowest BCUT2D eigenvalue weighted by atomic mass is 10.1. The molecule has 154 valence electrons. The molecule has 0 radical (unpaired) electrons. The number of nitrogen functional groups attached to an aromatic ring is 1. The van der Waals surface area contributed by atoms with E-state index in [9.17, 15) is 4.39 Å². The zero-order chi connectivity index (χ0) is 21.1. The molecule has 4 N–H and O–H groups in total. The molecule has 30 heavy (non-hydrogen) atoms. The first kappa shape index (κ1) is 19.8. The van der Waals surface area contributed by atoms with Crippen molar-refractivity contribution in [2.75, 3.05) is 11.1 Å². The Labute approximate surface area is 176 Å². The van der Waals surface area contributed by atoms with E-state index in [4.69, 9.17) is 21.9 Å². The molecule has 3 aromatic heterocycles. The number of anilines is 2. The number of halogens is 2. The lowest BCUT2D eigenvalue weighted by Crippen LogP contribution is -2.05. The number of aromatic amines is 1. The third kappa shape index (κ3) is 4.74. The summed E-state index contributed by atoms with van der Waals surface area (Å²) in [7, 11) is 0. The Bertz CT molecular complexity index is 1150. The number of rotatable bonds is 7. The average Bonchev–Trinajstić information content (AvgIpc) is 3.33. The van der Waals surface area contributed by atoms with Crippen LogP contribution in [0.25, 0.3) is 11.3 Å². The summed E-state index contributed by atoms with van der Waals surface area (Å²) in [5.41, 5.74) is 9.85. The van der Waals surface area contributed by atoms with Crippen LogP contribution in [-0.2, 0) is 19.4 Å². The SMILES string of the molecule is Cc1cc(CNc2ncc(-c3cc(CCc4cc(F)cc(Cl)c4)[nH]n3)c(N)n2)on1. The number of hydrogen-bond acceptors (Lipinski definition) is 7. The van der Waals surface area contributed by atoms with Gasteiger partial charge in [0.25, 0.3) is 0 Å². The topological polar surface area (TPSA) is 119 Å². The van der Waals surface area contributed by atoms with Crippen molar-refractivity contribution >= 4 is 23.4 Å². The van der Waals surface area contributed by atoms with Gasteiger partial charge >= 0.3 is 0 Å². The number of nitrogens with one attached hydrogen (secondary N) is 2. The fraction of sp³-hybridized carbons (Fsp3) is 0.200. The molecule has 0 unspecified atom stereocenters. The predicted octanol–water partition coefficient (Wildman–Crippen LogP) is 3.94. The highest BCUT2D eigenvalue weighted by Crippen LogP contribution is 2.24. The molecule has 0 aliphatic rings. The van der Waals surface area contributed by atoms with Crippen molar-refractivity contribution in [2.24, 2.45) is 0 Å². The summed E-state index contributed by atoms with van der Waals surface area (Å²) >= 11 is 5.90. The van der Waals surface area contributed by atoms with Crippen molar-refractivity contribution in [3.05, 3.63) is 70.1 Å². The van der Waals surface area contributed by atoms with Crippen LogP contribution in [0.3, 0.4) is 0 Å². The van der Waals surface area contributed by atoms with E-state index in [1.165, 1.54) is 12.1 Å². The van der Waals surface area contributed by atoms with Gasteiger partial charge < -0.3 is 15.6 Å². The maximum absolute atomic E-state index is 13.5. The lowest BCUT2D eigenvalue weighted by Gasteiger charge is -2.05. The molecule has 0 aliphatic heterocycles. The van der Waals surface area contributed by atoms with Gasteiger partial charge in [0.1, 0.15) is 11.6 Å². The van der Waals surface area contributed by atoms with Crippen molar-refractivity contribution in [1.29, 1.82) is 0 Å². The molecular weight excluding hydrogens is 409 g/mol. The van der Waals surface area contributed by atoms with Crippen molar-refractivity contribution in [3.8, 4) is 11.3 Å². The molecule has 0 atom stereocenters. The van der Waals surface area contributed by atoms with Crippen LogP contribution in [-0.4, -0.2) is 25.3 Å². The molecule has 10 heteroatoms.